The van der Waals surface area contributed by atoms with E-state index < -0.39 is 0 Å². The average molecular weight is 297 g/mol. The van der Waals surface area contributed by atoms with Gasteiger partial charge in [-0.15, -0.1) is 11.6 Å². The first-order valence-electron chi connectivity index (χ1n) is 6.21. The first kappa shape index (κ1) is 14.4. The van der Waals surface area contributed by atoms with Crippen LogP contribution in [0, 0.1) is 13.8 Å². The summed E-state index contributed by atoms with van der Waals surface area (Å²) in [6.07, 6.45) is 0. The van der Waals surface area contributed by atoms with Crippen molar-refractivity contribution in [2.45, 2.75) is 19.6 Å². The molecule has 0 radical (unpaired) electrons. The second kappa shape index (κ2) is 6.44. The Hall–Kier alpha value is -1.00. The number of halogens is 1. The van der Waals surface area contributed by atoms with Crippen LogP contribution in [0.15, 0.2) is 23.2 Å². The maximum Gasteiger partial charge on any atom is 0.243 e. The van der Waals surface area contributed by atoms with Gasteiger partial charge < -0.3 is 0 Å². The highest BCUT2D eigenvalue weighted by Crippen LogP contribution is 2.22. The number of benzene rings is 1. The number of amidine groups is 1. The molecule has 1 aliphatic heterocycles. The molecule has 102 valence electrons. The molecule has 0 unspecified atom stereocenters. The second-order valence-corrected chi connectivity index (χ2v) is 5.77. The summed E-state index contributed by atoms with van der Waals surface area (Å²) in [4.78, 5) is 17.7. The van der Waals surface area contributed by atoms with E-state index in [0.717, 1.165) is 10.9 Å². The number of nitrogens with zero attached hydrogens (tertiary/aromatic N) is 2. The minimum Gasteiger partial charge on any atom is -0.289 e. The number of hydrogen-bond acceptors (Lipinski definition) is 3. The summed E-state index contributed by atoms with van der Waals surface area (Å²) in [5.41, 5.74) is 3.81. The molecule has 0 N–H and O–H groups in total. The zero-order chi connectivity index (χ0) is 13.8. The molecule has 0 atom stereocenters. The minimum atomic E-state index is -0.0635. The van der Waals surface area contributed by atoms with Gasteiger partial charge in [-0.3, -0.25) is 14.7 Å². The van der Waals surface area contributed by atoms with Crippen molar-refractivity contribution < 1.29 is 4.79 Å². The smallest absolute Gasteiger partial charge is 0.243 e. The summed E-state index contributed by atoms with van der Waals surface area (Å²) < 4.78 is 0. The fourth-order valence-electron chi connectivity index (χ4n) is 1.95. The summed E-state index contributed by atoms with van der Waals surface area (Å²) in [6, 6.07) is 6.43. The molecule has 5 heteroatoms. The zero-order valence-corrected chi connectivity index (χ0v) is 12.7. The van der Waals surface area contributed by atoms with Crippen molar-refractivity contribution in [3.8, 4) is 0 Å². The zero-order valence-electron chi connectivity index (χ0n) is 11.1. The Bertz CT molecular complexity index is 516. The predicted octanol–water partition coefficient (Wildman–Crippen LogP) is 2.97. The number of amides is 1. The molecule has 1 aromatic carbocycles. The van der Waals surface area contributed by atoms with Crippen LogP contribution in [0.2, 0.25) is 0 Å². The maximum absolute atomic E-state index is 11.7. The third-order valence-corrected chi connectivity index (χ3v) is 4.37. The van der Waals surface area contributed by atoms with E-state index in [4.69, 9.17) is 11.6 Å². The van der Waals surface area contributed by atoms with E-state index in [1.807, 2.05) is 0 Å². The molecule has 3 nitrogen and oxygen atoms in total. The Labute approximate surface area is 123 Å². The van der Waals surface area contributed by atoms with Gasteiger partial charge in [-0.1, -0.05) is 35.5 Å². The van der Waals surface area contributed by atoms with Crippen LogP contribution < -0.4 is 0 Å². The molecule has 0 saturated heterocycles. The van der Waals surface area contributed by atoms with Crippen molar-refractivity contribution in [1.29, 1.82) is 0 Å². The van der Waals surface area contributed by atoms with E-state index in [9.17, 15) is 4.79 Å². The molecule has 19 heavy (non-hydrogen) atoms. The van der Waals surface area contributed by atoms with Crippen molar-refractivity contribution in [3.05, 3.63) is 34.9 Å². The van der Waals surface area contributed by atoms with Crippen molar-refractivity contribution in [1.82, 2.24) is 4.90 Å². The van der Waals surface area contributed by atoms with Gasteiger partial charge in [0.1, 0.15) is 5.88 Å². The Balaban J connectivity index is 2.02. The fourth-order valence-corrected chi connectivity index (χ4v) is 3.22. The van der Waals surface area contributed by atoms with Gasteiger partial charge in [0.2, 0.25) is 5.91 Å². The molecule has 1 aromatic rings. The van der Waals surface area contributed by atoms with Crippen molar-refractivity contribution in [2.24, 2.45) is 4.99 Å². The molecule has 1 heterocycles. The third-order valence-electron chi connectivity index (χ3n) is 3.08. The number of hydrogen-bond donors (Lipinski definition) is 0. The highest BCUT2D eigenvalue weighted by atomic mass is 35.5. The topological polar surface area (TPSA) is 32.7 Å². The van der Waals surface area contributed by atoms with Crippen molar-refractivity contribution in [2.75, 3.05) is 19.0 Å². The van der Waals surface area contributed by atoms with Gasteiger partial charge in [0.05, 0.1) is 6.54 Å². The maximum atomic E-state index is 11.7. The standard InChI is InChI=1S/C14H17ClN2OS/c1-10-3-4-11(2)12(7-10)9-19-14-16-5-6-17(14)13(18)8-15/h3-4,7H,5-6,8-9H2,1-2H3. The van der Waals surface area contributed by atoms with E-state index in [1.165, 1.54) is 16.7 Å². The molecular weight excluding hydrogens is 280 g/mol. The minimum absolute atomic E-state index is 0.0169. The Morgan fingerprint density at radius 3 is 3.00 bits per heavy atom. The number of carbonyl (C=O) groups excluding carboxylic acids is 1. The summed E-state index contributed by atoms with van der Waals surface area (Å²) >= 11 is 7.21. The van der Waals surface area contributed by atoms with Crippen molar-refractivity contribution >= 4 is 34.4 Å². The van der Waals surface area contributed by atoms with Gasteiger partial charge in [-0.05, 0) is 25.0 Å². The number of aryl methyl sites for hydroxylation is 2. The molecule has 0 bridgehead atoms. The predicted molar refractivity (Wildman–Crippen MR) is 81.9 cm³/mol. The van der Waals surface area contributed by atoms with Gasteiger partial charge >= 0.3 is 0 Å². The van der Waals surface area contributed by atoms with Gasteiger partial charge in [0, 0.05) is 12.3 Å². The number of thioether (sulfide) groups is 1. The SMILES string of the molecule is Cc1ccc(C)c(CSC2=NCCN2C(=O)CCl)c1. The summed E-state index contributed by atoms with van der Waals surface area (Å²) in [5, 5.41) is 0.798. The Kier molecular flexibility index (Phi) is 4.88. The second-order valence-electron chi connectivity index (χ2n) is 4.56. The molecule has 2 rings (SSSR count). The van der Waals surface area contributed by atoms with Crippen LogP contribution in [0.3, 0.4) is 0 Å². The summed E-state index contributed by atoms with van der Waals surface area (Å²) in [5.74, 6) is 0.785. The van der Waals surface area contributed by atoms with Crippen LogP contribution in [-0.4, -0.2) is 34.9 Å². The number of carbonyl (C=O) groups is 1. The van der Waals surface area contributed by atoms with Crippen LogP contribution >= 0.6 is 23.4 Å². The lowest BCUT2D eigenvalue weighted by atomic mass is 10.1. The van der Waals surface area contributed by atoms with Gasteiger partial charge in [-0.25, -0.2) is 0 Å². The van der Waals surface area contributed by atoms with E-state index in [2.05, 4.69) is 37.0 Å². The van der Waals surface area contributed by atoms with E-state index >= 15 is 0 Å². The summed E-state index contributed by atoms with van der Waals surface area (Å²) in [6.45, 7) is 5.52. The highest BCUT2D eigenvalue weighted by Gasteiger charge is 2.23. The third kappa shape index (κ3) is 3.51. The highest BCUT2D eigenvalue weighted by molar-refractivity contribution is 8.13. The Morgan fingerprint density at radius 1 is 1.47 bits per heavy atom. The first-order valence-corrected chi connectivity index (χ1v) is 7.73. The average Bonchev–Trinajstić information content (AvgIpc) is 2.87. The number of rotatable bonds is 3. The van der Waals surface area contributed by atoms with Crippen LogP contribution in [0.25, 0.3) is 0 Å². The quantitative estimate of drug-likeness (QED) is 0.803. The van der Waals surface area contributed by atoms with Crippen LogP contribution in [0.5, 0.6) is 0 Å². The molecule has 0 spiro atoms. The normalized spacial score (nSPS) is 14.7. The monoisotopic (exact) mass is 296 g/mol. The fraction of sp³-hybridized carbons (Fsp3) is 0.429. The molecule has 1 amide bonds. The molecule has 0 aliphatic carbocycles. The molecule has 1 aliphatic rings. The van der Waals surface area contributed by atoms with Gasteiger partial charge in [0.15, 0.2) is 5.17 Å². The lowest BCUT2D eigenvalue weighted by Crippen LogP contribution is -2.33. The molecular formula is C14H17ClN2OS. The van der Waals surface area contributed by atoms with E-state index in [0.29, 0.717) is 13.1 Å². The largest absolute Gasteiger partial charge is 0.289 e. The molecule has 0 fully saturated rings. The lowest BCUT2D eigenvalue weighted by Gasteiger charge is -2.16. The van der Waals surface area contributed by atoms with Crippen LogP contribution in [0.4, 0.5) is 0 Å². The lowest BCUT2D eigenvalue weighted by molar-refractivity contribution is -0.124. The molecule has 0 saturated carbocycles. The first-order chi connectivity index (χ1) is 9.11. The molecule has 0 aromatic heterocycles. The number of aliphatic imine (C=N–C) groups is 1. The van der Waals surface area contributed by atoms with Gasteiger partial charge in [-0.2, -0.15) is 0 Å². The van der Waals surface area contributed by atoms with E-state index in [1.54, 1.807) is 16.7 Å². The van der Waals surface area contributed by atoms with Crippen LogP contribution in [0.1, 0.15) is 16.7 Å². The van der Waals surface area contributed by atoms with Crippen LogP contribution in [-0.2, 0) is 10.5 Å². The van der Waals surface area contributed by atoms with Crippen molar-refractivity contribution in [3.63, 3.8) is 0 Å². The summed E-state index contributed by atoms with van der Waals surface area (Å²) in [7, 11) is 0. The van der Waals surface area contributed by atoms with Gasteiger partial charge in [0.25, 0.3) is 0 Å². The van der Waals surface area contributed by atoms with E-state index in [-0.39, 0.29) is 11.8 Å². The number of alkyl halides is 1. The Morgan fingerprint density at radius 2 is 2.26 bits per heavy atom.